The number of aliphatic carboxylic acids is 1. The van der Waals surface area contributed by atoms with Gasteiger partial charge >= 0.3 is 41.6 Å². The number of hydrogen-bond donors (Lipinski definition) is 1. The molecule has 8 heteroatoms. The van der Waals surface area contributed by atoms with Crippen molar-refractivity contribution < 1.29 is 59.5 Å². The second kappa shape index (κ2) is 12.8. The Morgan fingerprint density at radius 3 is 2.19 bits per heavy atom. The summed E-state index contributed by atoms with van der Waals surface area (Å²) in [6.07, 6.45) is 3.06. The molecule has 31 heavy (non-hydrogen) atoms. The molecule has 1 aliphatic carbocycles. The van der Waals surface area contributed by atoms with E-state index in [1.807, 2.05) is 18.2 Å². The minimum Gasteiger partial charge on any atom is -1.00 e. The molecule has 0 heterocycles. The quantitative estimate of drug-likeness (QED) is 0.638. The van der Waals surface area contributed by atoms with Crippen LogP contribution in [0.3, 0.4) is 0 Å². The van der Waals surface area contributed by atoms with Gasteiger partial charge in [-0.05, 0) is 67.9 Å². The third kappa shape index (κ3) is 7.92. The maximum absolute atomic E-state index is 13.7. The molecule has 0 saturated heterocycles. The molecule has 0 aromatic heterocycles. The van der Waals surface area contributed by atoms with Crippen molar-refractivity contribution in [2.45, 2.75) is 25.7 Å². The smallest absolute Gasteiger partial charge is 1.00 e. The molecule has 1 amide bonds. The summed E-state index contributed by atoms with van der Waals surface area (Å²) in [6.45, 7) is 0.466. The third-order valence-electron chi connectivity index (χ3n) is 5.25. The third-order valence-corrected chi connectivity index (χ3v) is 5.25. The van der Waals surface area contributed by atoms with Gasteiger partial charge in [0.05, 0.1) is 24.6 Å². The maximum atomic E-state index is 13.7. The van der Waals surface area contributed by atoms with Crippen molar-refractivity contribution in [3.05, 3.63) is 60.4 Å². The summed E-state index contributed by atoms with van der Waals surface area (Å²) in [4.78, 5) is 24.8. The monoisotopic (exact) mass is 439 g/mol. The van der Waals surface area contributed by atoms with Crippen molar-refractivity contribution in [1.82, 2.24) is 0 Å². The van der Waals surface area contributed by atoms with Crippen molar-refractivity contribution in [2.75, 3.05) is 24.7 Å². The fraction of sp³-hybridized carbons (Fsp3) is 0.391. The topological polar surface area (TPSA) is 76.1 Å². The molecule has 1 aliphatic rings. The van der Waals surface area contributed by atoms with Gasteiger partial charge in [-0.3, -0.25) is 0 Å². The van der Waals surface area contributed by atoms with Gasteiger partial charge in [0.2, 0.25) is 0 Å². The van der Waals surface area contributed by atoms with Crippen LogP contribution in [0, 0.1) is 17.7 Å². The molecular weight excluding hydrogens is 412 g/mol. The zero-order valence-electron chi connectivity index (χ0n) is 18.7. The Morgan fingerprint density at radius 2 is 1.58 bits per heavy atom. The first-order valence-electron chi connectivity index (χ1n) is 10.1. The van der Waals surface area contributed by atoms with E-state index in [0.29, 0.717) is 30.5 Å². The first-order valence-corrected chi connectivity index (χ1v) is 10.1. The number of carboxylic acid groups (broad SMARTS) is 1. The van der Waals surface area contributed by atoms with Crippen LogP contribution in [0.1, 0.15) is 27.1 Å². The summed E-state index contributed by atoms with van der Waals surface area (Å²) in [5.74, 6) is -0.805. The van der Waals surface area contributed by atoms with E-state index in [1.54, 1.807) is 24.3 Å². The average Bonchev–Trinajstić information content (AvgIpc) is 2.74. The van der Waals surface area contributed by atoms with Crippen LogP contribution >= 0.6 is 0 Å². The van der Waals surface area contributed by atoms with E-state index >= 15 is 0 Å². The molecule has 0 bridgehead atoms. The molecule has 1 N–H and O–H groups in total. The predicted octanol–water partition coefficient (Wildman–Crippen LogP) is 2.12. The SMILES string of the molecule is O=C(O)COCC1CCC(COC(=O)N(c2ccccc2)c2cccc(F)c2)CC1.[H-].[Na+]. The van der Waals surface area contributed by atoms with Crippen molar-refractivity contribution in [2.24, 2.45) is 11.8 Å². The molecular formula is C23H27FNNaO5. The van der Waals surface area contributed by atoms with Crippen molar-refractivity contribution in [3.63, 3.8) is 0 Å². The Hall–Kier alpha value is -1.93. The van der Waals surface area contributed by atoms with E-state index in [0.717, 1.165) is 25.7 Å². The number of rotatable bonds is 8. The van der Waals surface area contributed by atoms with Gasteiger partial charge in [0.15, 0.2) is 0 Å². The number of benzene rings is 2. The summed E-state index contributed by atoms with van der Waals surface area (Å²) in [5, 5.41) is 8.63. The fourth-order valence-electron chi connectivity index (χ4n) is 3.68. The molecule has 0 aliphatic heterocycles. The number of anilines is 2. The Labute approximate surface area is 205 Å². The molecule has 1 fully saturated rings. The molecule has 0 radical (unpaired) electrons. The van der Waals surface area contributed by atoms with Crippen LogP contribution in [-0.2, 0) is 14.3 Å². The molecule has 2 aromatic carbocycles. The van der Waals surface area contributed by atoms with E-state index in [4.69, 9.17) is 14.6 Å². The Morgan fingerprint density at radius 1 is 0.968 bits per heavy atom. The predicted molar refractivity (Wildman–Crippen MR) is 111 cm³/mol. The van der Waals surface area contributed by atoms with Crippen molar-refractivity contribution >= 4 is 23.4 Å². The van der Waals surface area contributed by atoms with E-state index < -0.39 is 17.9 Å². The Bertz CT molecular complexity index is 849. The van der Waals surface area contributed by atoms with Crippen LogP contribution in [0.25, 0.3) is 0 Å². The number of nitrogens with zero attached hydrogens (tertiary/aromatic N) is 1. The average molecular weight is 439 g/mol. The Balaban J connectivity index is 0.00000256. The normalized spacial score (nSPS) is 18.0. The van der Waals surface area contributed by atoms with Gasteiger partial charge in [-0.1, -0.05) is 24.3 Å². The first kappa shape index (κ1) is 25.3. The molecule has 0 unspecified atom stereocenters. The van der Waals surface area contributed by atoms with Gasteiger partial charge < -0.3 is 16.0 Å². The molecule has 0 spiro atoms. The van der Waals surface area contributed by atoms with Crippen LogP contribution in [0.2, 0.25) is 0 Å². The number of ether oxygens (including phenoxy) is 2. The van der Waals surface area contributed by atoms with Crippen LogP contribution in [0.5, 0.6) is 0 Å². The van der Waals surface area contributed by atoms with Gasteiger partial charge in [-0.2, -0.15) is 0 Å². The molecule has 0 atom stereocenters. The van der Waals surface area contributed by atoms with Gasteiger partial charge in [0.1, 0.15) is 12.4 Å². The standard InChI is InChI=1S/C23H26FNO5.Na.H/c24-19-5-4-8-21(13-19)25(20-6-2-1-3-7-20)23(28)30-15-18-11-9-17(10-12-18)14-29-16-22(26)27;;/h1-8,13,17-18H,9-12,14-16H2,(H,26,27);;/q;+1;-1. The molecule has 3 rings (SSSR count). The van der Waals surface area contributed by atoms with E-state index in [9.17, 15) is 14.0 Å². The zero-order valence-corrected chi connectivity index (χ0v) is 19.7. The second-order valence-electron chi connectivity index (χ2n) is 7.52. The van der Waals surface area contributed by atoms with Gasteiger partial charge in [-0.25, -0.2) is 18.9 Å². The second-order valence-corrected chi connectivity index (χ2v) is 7.52. The molecule has 2 aromatic rings. The van der Waals surface area contributed by atoms with E-state index in [1.165, 1.54) is 17.0 Å². The van der Waals surface area contributed by atoms with Crippen LogP contribution in [0.4, 0.5) is 20.6 Å². The number of carboxylic acids is 1. The van der Waals surface area contributed by atoms with Crippen LogP contribution < -0.4 is 34.5 Å². The van der Waals surface area contributed by atoms with Crippen molar-refractivity contribution in [3.8, 4) is 0 Å². The molecule has 6 nitrogen and oxygen atoms in total. The zero-order chi connectivity index (χ0) is 21.3. The maximum Gasteiger partial charge on any atom is 1.00 e. The minimum atomic E-state index is -0.961. The summed E-state index contributed by atoms with van der Waals surface area (Å²) in [7, 11) is 0. The minimum absolute atomic E-state index is 0. The molecule has 162 valence electrons. The summed E-state index contributed by atoms with van der Waals surface area (Å²) >= 11 is 0. The number of amides is 1. The van der Waals surface area contributed by atoms with E-state index in [-0.39, 0.29) is 43.5 Å². The van der Waals surface area contributed by atoms with Gasteiger partial charge in [0.25, 0.3) is 0 Å². The van der Waals surface area contributed by atoms with Crippen LogP contribution in [-0.4, -0.2) is 37.0 Å². The van der Waals surface area contributed by atoms with Gasteiger partial charge in [-0.15, -0.1) is 0 Å². The number of carbonyl (C=O) groups is 2. The molecule has 1 saturated carbocycles. The van der Waals surface area contributed by atoms with Gasteiger partial charge in [0, 0.05) is 0 Å². The van der Waals surface area contributed by atoms with Crippen molar-refractivity contribution in [1.29, 1.82) is 0 Å². The van der Waals surface area contributed by atoms with E-state index in [2.05, 4.69) is 0 Å². The summed E-state index contributed by atoms with van der Waals surface area (Å²) in [6, 6.07) is 14.9. The summed E-state index contributed by atoms with van der Waals surface area (Å²) < 4.78 is 24.5. The van der Waals surface area contributed by atoms with Crippen LogP contribution in [0.15, 0.2) is 54.6 Å². The largest absolute Gasteiger partial charge is 1.00 e. The number of hydrogen-bond acceptors (Lipinski definition) is 4. The number of carbonyl (C=O) groups excluding carboxylic acids is 1. The number of para-hydroxylation sites is 1. The Kier molecular flexibility index (Phi) is 10.5. The first-order chi connectivity index (χ1) is 14.5. The fourth-order valence-corrected chi connectivity index (χ4v) is 3.68. The summed E-state index contributed by atoms with van der Waals surface area (Å²) in [5.41, 5.74) is 1.01. The number of halogens is 1.